The zero-order chi connectivity index (χ0) is 23.2. The van der Waals surface area contributed by atoms with Crippen LogP contribution in [0.2, 0.25) is 0 Å². The highest BCUT2D eigenvalue weighted by molar-refractivity contribution is 7.89. The highest BCUT2D eigenvalue weighted by atomic mass is 32.2. The lowest BCUT2D eigenvalue weighted by atomic mass is 10.2. The zero-order valence-corrected chi connectivity index (χ0v) is 17.9. The van der Waals surface area contributed by atoms with Crippen LogP contribution in [-0.2, 0) is 21.4 Å². The molecule has 168 valence electrons. The van der Waals surface area contributed by atoms with Gasteiger partial charge in [0.1, 0.15) is 0 Å². The van der Waals surface area contributed by atoms with Crippen molar-refractivity contribution in [3.8, 4) is 11.5 Å². The number of methoxy groups -OCH3 is 1. The average molecular weight is 456 g/mol. The van der Waals surface area contributed by atoms with E-state index in [0.717, 1.165) is 4.31 Å². The van der Waals surface area contributed by atoms with Crippen molar-refractivity contribution < 1.29 is 36.3 Å². The summed E-state index contributed by atoms with van der Waals surface area (Å²) in [6.07, 6.45) is 0. The van der Waals surface area contributed by atoms with Crippen LogP contribution >= 0.6 is 0 Å². The van der Waals surface area contributed by atoms with Gasteiger partial charge < -0.3 is 14.8 Å². The molecular weight excluding hydrogens is 434 g/mol. The lowest BCUT2D eigenvalue weighted by Gasteiger charge is -2.17. The number of Topliss-reactive ketones (excluding diaryl/α,β-unsaturated/α-hetero) is 1. The van der Waals surface area contributed by atoms with Gasteiger partial charge in [0.25, 0.3) is 0 Å². The number of nitrogens with one attached hydrogen (secondary N) is 1. The summed E-state index contributed by atoms with van der Waals surface area (Å²) in [6, 6.07) is 9.59. The molecule has 0 atom stereocenters. The molecular formula is C20H22F2N2O6S. The van der Waals surface area contributed by atoms with Crippen molar-refractivity contribution in [1.82, 2.24) is 9.62 Å². The SMILES string of the molecule is COc1cc(CNC(=O)CN(C)S(=O)(=O)c2ccc(C(C)=O)cc2)ccc1OC(F)F. The molecule has 11 heteroatoms. The molecule has 0 saturated heterocycles. The maximum absolute atomic E-state index is 12.6. The minimum Gasteiger partial charge on any atom is -0.493 e. The van der Waals surface area contributed by atoms with Gasteiger partial charge in [-0.25, -0.2) is 8.42 Å². The van der Waals surface area contributed by atoms with Crippen molar-refractivity contribution in [3.05, 3.63) is 53.6 Å². The van der Waals surface area contributed by atoms with Crippen LogP contribution in [-0.4, -0.2) is 51.7 Å². The minimum absolute atomic E-state index is 0.0192. The average Bonchev–Trinajstić information content (AvgIpc) is 2.72. The summed E-state index contributed by atoms with van der Waals surface area (Å²) in [7, 11) is -1.39. The third-order valence-corrected chi connectivity index (χ3v) is 6.09. The second-order valence-electron chi connectivity index (χ2n) is 6.48. The number of ketones is 1. The monoisotopic (exact) mass is 456 g/mol. The van der Waals surface area contributed by atoms with Gasteiger partial charge in [0.2, 0.25) is 15.9 Å². The van der Waals surface area contributed by atoms with Gasteiger partial charge in [0.15, 0.2) is 17.3 Å². The van der Waals surface area contributed by atoms with Gasteiger partial charge in [-0.05, 0) is 36.8 Å². The molecule has 0 heterocycles. The Morgan fingerprint density at radius 2 is 1.74 bits per heavy atom. The summed E-state index contributed by atoms with van der Waals surface area (Å²) in [5, 5.41) is 2.55. The maximum Gasteiger partial charge on any atom is 0.387 e. The van der Waals surface area contributed by atoms with Crippen LogP contribution in [0, 0.1) is 0 Å². The minimum atomic E-state index is -3.93. The summed E-state index contributed by atoms with van der Waals surface area (Å²) in [6.45, 7) is -2.06. The highest BCUT2D eigenvalue weighted by Crippen LogP contribution is 2.29. The Morgan fingerprint density at radius 1 is 1.10 bits per heavy atom. The summed E-state index contributed by atoms with van der Waals surface area (Å²) in [5.41, 5.74) is 0.914. The molecule has 1 N–H and O–H groups in total. The number of ether oxygens (including phenoxy) is 2. The van der Waals surface area contributed by atoms with Gasteiger partial charge in [-0.2, -0.15) is 13.1 Å². The van der Waals surface area contributed by atoms with E-state index in [2.05, 4.69) is 10.1 Å². The van der Waals surface area contributed by atoms with Crippen molar-refractivity contribution in [2.75, 3.05) is 20.7 Å². The fourth-order valence-corrected chi connectivity index (χ4v) is 3.73. The van der Waals surface area contributed by atoms with Gasteiger partial charge in [-0.1, -0.05) is 18.2 Å². The number of alkyl halides is 2. The Balaban J connectivity index is 1.99. The number of hydrogen-bond acceptors (Lipinski definition) is 6. The number of carbonyl (C=O) groups excluding carboxylic acids is 2. The number of likely N-dealkylation sites (N-methyl/N-ethyl adjacent to an activating group) is 1. The zero-order valence-electron chi connectivity index (χ0n) is 17.1. The van der Waals surface area contributed by atoms with Gasteiger partial charge in [0, 0.05) is 19.2 Å². The first kappa shape index (κ1) is 24.2. The molecule has 0 aliphatic heterocycles. The largest absolute Gasteiger partial charge is 0.493 e. The quantitative estimate of drug-likeness (QED) is 0.551. The topological polar surface area (TPSA) is 102 Å². The number of benzene rings is 2. The molecule has 0 fully saturated rings. The van der Waals surface area contributed by atoms with E-state index in [1.807, 2.05) is 0 Å². The van der Waals surface area contributed by atoms with Crippen LogP contribution in [0.3, 0.4) is 0 Å². The number of nitrogens with zero attached hydrogens (tertiary/aromatic N) is 1. The molecule has 8 nitrogen and oxygen atoms in total. The summed E-state index contributed by atoms with van der Waals surface area (Å²) in [5.74, 6) is -0.838. The Morgan fingerprint density at radius 3 is 2.29 bits per heavy atom. The van der Waals surface area contributed by atoms with Crippen molar-refractivity contribution in [1.29, 1.82) is 0 Å². The smallest absolute Gasteiger partial charge is 0.387 e. The second kappa shape index (κ2) is 10.3. The van der Waals surface area contributed by atoms with Crippen molar-refractivity contribution in [2.45, 2.75) is 25.0 Å². The van der Waals surface area contributed by atoms with E-state index >= 15 is 0 Å². The van der Waals surface area contributed by atoms with Crippen LogP contribution in [0.15, 0.2) is 47.4 Å². The van der Waals surface area contributed by atoms with Crippen LogP contribution in [0.25, 0.3) is 0 Å². The maximum atomic E-state index is 12.6. The molecule has 2 aromatic rings. The molecule has 0 unspecified atom stereocenters. The number of hydrogen-bond donors (Lipinski definition) is 1. The molecule has 2 rings (SSSR count). The second-order valence-corrected chi connectivity index (χ2v) is 8.53. The highest BCUT2D eigenvalue weighted by Gasteiger charge is 2.23. The van der Waals surface area contributed by atoms with Crippen molar-refractivity contribution in [2.24, 2.45) is 0 Å². The summed E-state index contributed by atoms with van der Waals surface area (Å²) < 4.78 is 60.2. The molecule has 0 bridgehead atoms. The van der Waals surface area contributed by atoms with E-state index in [1.165, 1.54) is 63.5 Å². The normalized spacial score (nSPS) is 11.5. The van der Waals surface area contributed by atoms with Crippen LogP contribution < -0.4 is 14.8 Å². The van der Waals surface area contributed by atoms with Gasteiger partial charge >= 0.3 is 6.61 Å². The van der Waals surface area contributed by atoms with Gasteiger partial charge in [-0.3, -0.25) is 9.59 Å². The first-order valence-corrected chi connectivity index (χ1v) is 10.4. The van der Waals surface area contributed by atoms with Crippen molar-refractivity contribution >= 4 is 21.7 Å². The molecule has 2 aromatic carbocycles. The number of rotatable bonds is 10. The van der Waals surface area contributed by atoms with Gasteiger partial charge in [-0.15, -0.1) is 0 Å². The Labute approximate surface area is 178 Å². The number of carbonyl (C=O) groups is 2. The number of halogens is 2. The number of sulfonamides is 1. The molecule has 0 saturated carbocycles. The van der Waals surface area contributed by atoms with Crippen molar-refractivity contribution in [3.63, 3.8) is 0 Å². The lowest BCUT2D eigenvalue weighted by molar-refractivity contribution is -0.121. The molecule has 0 aliphatic carbocycles. The molecule has 0 spiro atoms. The van der Waals surface area contributed by atoms with E-state index in [1.54, 1.807) is 0 Å². The molecule has 0 aromatic heterocycles. The lowest BCUT2D eigenvalue weighted by Crippen LogP contribution is -2.38. The van der Waals surface area contributed by atoms with E-state index < -0.39 is 29.1 Å². The summed E-state index contributed by atoms with van der Waals surface area (Å²) >= 11 is 0. The fourth-order valence-electron chi connectivity index (χ4n) is 2.60. The van der Waals surface area contributed by atoms with E-state index in [9.17, 15) is 26.8 Å². The first-order chi connectivity index (χ1) is 14.5. The van der Waals surface area contributed by atoms with E-state index in [4.69, 9.17) is 4.74 Å². The Hall–Kier alpha value is -3.05. The third kappa shape index (κ3) is 6.46. The predicted molar refractivity (Wildman–Crippen MR) is 108 cm³/mol. The van der Waals surface area contributed by atoms with E-state index in [0.29, 0.717) is 11.1 Å². The number of amides is 1. The molecule has 0 aliphatic rings. The first-order valence-electron chi connectivity index (χ1n) is 9.00. The van der Waals surface area contributed by atoms with Crippen LogP contribution in [0.5, 0.6) is 11.5 Å². The Bertz CT molecular complexity index is 1040. The molecule has 1 amide bonds. The summed E-state index contributed by atoms with van der Waals surface area (Å²) in [4.78, 5) is 23.5. The van der Waals surface area contributed by atoms with E-state index in [-0.39, 0.29) is 28.7 Å². The standard InChI is InChI=1S/C20H22F2N2O6S/c1-13(25)15-5-7-16(8-6-15)31(27,28)24(2)12-19(26)23-11-14-4-9-17(30-20(21)22)18(10-14)29-3/h4-10,20H,11-12H2,1-3H3,(H,23,26). The third-order valence-electron chi connectivity index (χ3n) is 4.27. The Kier molecular flexibility index (Phi) is 8.06. The van der Waals surface area contributed by atoms with Crippen LogP contribution in [0.1, 0.15) is 22.8 Å². The van der Waals surface area contributed by atoms with Gasteiger partial charge in [0.05, 0.1) is 18.6 Å². The fraction of sp³-hybridized carbons (Fsp3) is 0.300. The molecule has 0 radical (unpaired) electrons. The molecule has 31 heavy (non-hydrogen) atoms. The van der Waals surface area contributed by atoms with Crippen LogP contribution in [0.4, 0.5) is 8.78 Å². The predicted octanol–water partition coefficient (Wildman–Crippen LogP) is 2.44.